The Balaban J connectivity index is 1.82. The lowest BCUT2D eigenvalue weighted by molar-refractivity contribution is -0.139. The lowest BCUT2D eigenvalue weighted by Gasteiger charge is -2.23. The van der Waals surface area contributed by atoms with E-state index in [1.807, 2.05) is 35.7 Å². The third-order valence-electron chi connectivity index (χ3n) is 4.83. The molecule has 0 spiro atoms. The number of aromatic nitrogens is 1. The van der Waals surface area contributed by atoms with Crippen molar-refractivity contribution in [3.05, 3.63) is 83.2 Å². The molecule has 1 aliphatic heterocycles. The Morgan fingerprint density at radius 2 is 2.09 bits per heavy atom. The number of carbonyl (C=O) groups is 1. The maximum atomic E-state index is 13.4. The molecule has 2 aromatic heterocycles. The van der Waals surface area contributed by atoms with Gasteiger partial charge in [-0.05, 0) is 49.1 Å². The van der Waals surface area contributed by atoms with Crippen molar-refractivity contribution in [3.8, 4) is 18.1 Å². The molecule has 1 aromatic carbocycles. The van der Waals surface area contributed by atoms with Gasteiger partial charge in [0, 0.05) is 4.88 Å². The molecule has 0 fully saturated rings. The SMILES string of the molecule is C#CCOc1ccc(/C=c2\sc3n(c2=O)[C@@H](c2cccs2)C(C(=O)OCC)=C(C)N=3)cc1. The molecule has 4 rings (SSSR count). The van der Waals surface area contributed by atoms with Crippen molar-refractivity contribution in [2.24, 2.45) is 4.99 Å². The van der Waals surface area contributed by atoms with Crippen LogP contribution in [0.2, 0.25) is 0 Å². The van der Waals surface area contributed by atoms with Crippen molar-refractivity contribution in [2.75, 3.05) is 13.2 Å². The quantitative estimate of drug-likeness (QED) is 0.416. The molecule has 162 valence electrons. The second-order valence-corrected chi connectivity index (χ2v) is 8.87. The smallest absolute Gasteiger partial charge is 0.338 e. The molecule has 6 nitrogen and oxygen atoms in total. The first-order valence-corrected chi connectivity index (χ1v) is 11.6. The lowest BCUT2D eigenvalue weighted by Crippen LogP contribution is -2.39. The zero-order valence-corrected chi connectivity index (χ0v) is 19.2. The average molecular weight is 465 g/mol. The first-order valence-electron chi connectivity index (χ1n) is 9.93. The highest BCUT2D eigenvalue weighted by atomic mass is 32.1. The maximum absolute atomic E-state index is 13.4. The molecule has 1 atom stereocenters. The number of rotatable bonds is 6. The van der Waals surface area contributed by atoms with Gasteiger partial charge in [-0.25, -0.2) is 9.79 Å². The number of allylic oxidation sites excluding steroid dienone is 1. The van der Waals surface area contributed by atoms with E-state index in [0.29, 0.717) is 26.4 Å². The zero-order chi connectivity index (χ0) is 22.7. The van der Waals surface area contributed by atoms with Crippen LogP contribution in [0.25, 0.3) is 6.08 Å². The summed E-state index contributed by atoms with van der Waals surface area (Å²) < 4.78 is 12.8. The third-order valence-corrected chi connectivity index (χ3v) is 6.74. The first-order chi connectivity index (χ1) is 15.5. The van der Waals surface area contributed by atoms with E-state index in [2.05, 4.69) is 10.9 Å². The van der Waals surface area contributed by atoms with E-state index in [9.17, 15) is 9.59 Å². The van der Waals surface area contributed by atoms with Gasteiger partial charge in [-0.3, -0.25) is 9.36 Å². The minimum absolute atomic E-state index is 0.197. The van der Waals surface area contributed by atoms with Gasteiger partial charge in [-0.1, -0.05) is 35.5 Å². The van der Waals surface area contributed by atoms with Gasteiger partial charge < -0.3 is 9.47 Å². The van der Waals surface area contributed by atoms with Crippen molar-refractivity contribution in [1.82, 2.24) is 4.57 Å². The van der Waals surface area contributed by atoms with Crippen molar-refractivity contribution >= 4 is 34.7 Å². The molecule has 0 radical (unpaired) electrons. The Labute approximate surface area is 192 Å². The van der Waals surface area contributed by atoms with Gasteiger partial charge in [0.1, 0.15) is 18.4 Å². The number of fused-ring (bicyclic) bond motifs is 1. The van der Waals surface area contributed by atoms with Crippen molar-refractivity contribution < 1.29 is 14.3 Å². The van der Waals surface area contributed by atoms with Crippen LogP contribution in [0.4, 0.5) is 0 Å². The van der Waals surface area contributed by atoms with Crippen molar-refractivity contribution in [2.45, 2.75) is 19.9 Å². The average Bonchev–Trinajstić information content (AvgIpc) is 3.41. The number of benzene rings is 1. The highest BCUT2D eigenvalue weighted by Crippen LogP contribution is 2.33. The molecule has 1 aliphatic rings. The Bertz CT molecular complexity index is 1390. The number of ether oxygens (including phenoxy) is 2. The molecular formula is C24H20N2O4S2. The summed E-state index contributed by atoms with van der Waals surface area (Å²) in [6, 6.07) is 10.6. The molecule has 0 amide bonds. The van der Waals surface area contributed by atoms with E-state index in [-0.39, 0.29) is 18.8 Å². The summed E-state index contributed by atoms with van der Waals surface area (Å²) in [6.45, 7) is 3.98. The molecule has 3 heterocycles. The number of thiophene rings is 1. The van der Waals surface area contributed by atoms with Gasteiger partial charge in [0.2, 0.25) is 0 Å². The number of carbonyl (C=O) groups excluding carboxylic acids is 1. The van der Waals surface area contributed by atoms with Crippen LogP contribution in [0, 0.1) is 12.3 Å². The van der Waals surface area contributed by atoms with Gasteiger partial charge in [0.15, 0.2) is 4.80 Å². The van der Waals surface area contributed by atoms with E-state index in [1.165, 1.54) is 22.7 Å². The fourth-order valence-corrected chi connectivity index (χ4v) is 5.31. The van der Waals surface area contributed by atoms with Crippen molar-refractivity contribution in [3.63, 3.8) is 0 Å². The molecule has 0 saturated heterocycles. The van der Waals surface area contributed by atoms with Crippen LogP contribution in [0.15, 0.2) is 62.8 Å². The van der Waals surface area contributed by atoms with Crippen LogP contribution < -0.4 is 19.6 Å². The highest BCUT2D eigenvalue weighted by molar-refractivity contribution is 7.10. The van der Waals surface area contributed by atoms with Gasteiger partial charge in [0.05, 0.1) is 22.4 Å². The summed E-state index contributed by atoms with van der Waals surface area (Å²) in [7, 11) is 0. The first kappa shape index (κ1) is 21.8. The number of terminal acetylenes is 1. The number of thiazole rings is 1. The van der Waals surface area contributed by atoms with E-state index < -0.39 is 12.0 Å². The van der Waals surface area contributed by atoms with E-state index >= 15 is 0 Å². The Morgan fingerprint density at radius 1 is 1.31 bits per heavy atom. The minimum Gasteiger partial charge on any atom is -0.481 e. The molecule has 3 aromatic rings. The maximum Gasteiger partial charge on any atom is 0.338 e. The van der Waals surface area contributed by atoms with Crippen LogP contribution in [0.3, 0.4) is 0 Å². The largest absolute Gasteiger partial charge is 0.481 e. The second-order valence-electron chi connectivity index (χ2n) is 6.88. The van der Waals surface area contributed by atoms with E-state index in [1.54, 1.807) is 30.5 Å². The van der Waals surface area contributed by atoms with Gasteiger partial charge >= 0.3 is 5.97 Å². The summed E-state index contributed by atoms with van der Waals surface area (Å²) in [5.74, 6) is 2.63. The van der Waals surface area contributed by atoms with Crippen LogP contribution in [-0.4, -0.2) is 23.8 Å². The van der Waals surface area contributed by atoms with Gasteiger partial charge in [-0.2, -0.15) is 0 Å². The molecule has 0 bridgehead atoms. The van der Waals surface area contributed by atoms with Crippen LogP contribution in [-0.2, 0) is 9.53 Å². The van der Waals surface area contributed by atoms with Gasteiger partial charge in [0.25, 0.3) is 5.56 Å². The fourth-order valence-electron chi connectivity index (χ4n) is 3.44. The van der Waals surface area contributed by atoms with Crippen LogP contribution >= 0.6 is 22.7 Å². The standard InChI is InChI=1S/C24H20N2O4S2/c1-4-12-30-17-10-8-16(9-11-17)14-19-22(27)26-21(18-7-6-13-31-18)20(23(28)29-5-2)15(3)25-24(26)32-19/h1,6-11,13-14,21H,5,12H2,2-3H3/b19-14-/t21-/m0/s1. The molecule has 0 aliphatic carbocycles. The molecule has 0 unspecified atom stereocenters. The van der Waals surface area contributed by atoms with Gasteiger partial charge in [-0.15, -0.1) is 17.8 Å². The van der Waals surface area contributed by atoms with Crippen LogP contribution in [0.1, 0.15) is 30.3 Å². The Morgan fingerprint density at radius 3 is 2.75 bits per heavy atom. The lowest BCUT2D eigenvalue weighted by atomic mass is 10.0. The molecular weight excluding hydrogens is 444 g/mol. The molecule has 0 saturated carbocycles. The topological polar surface area (TPSA) is 69.9 Å². The normalized spacial score (nSPS) is 15.7. The monoisotopic (exact) mass is 464 g/mol. The summed E-state index contributed by atoms with van der Waals surface area (Å²) in [4.78, 5) is 32.2. The van der Waals surface area contributed by atoms with Crippen LogP contribution in [0.5, 0.6) is 5.75 Å². The predicted molar refractivity (Wildman–Crippen MR) is 125 cm³/mol. The summed E-state index contributed by atoms with van der Waals surface area (Å²) in [5, 5.41) is 1.92. The fraction of sp³-hybridized carbons (Fsp3) is 0.208. The van der Waals surface area contributed by atoms with E-state index in [0.717, 1.165) is 10.4 Å². The number of hydrogen-bond acceptors (Lipinski definition) is 7. The van der Waals surface area contributed by atoms with Crippen molar-refractivity contribution in [1.29, 1.82) is 0 Å². The second kappa shape index (κ2) is 9.39. The zero-order valence-electron chi connectivity index (χ0n) is 17.5. The summed E-state index contributed by atoms with van der Waals surface area (Å²) >= 11 is 2.78. The molecule has 8 heteroatoms. The Kier molecular flexibility index (Phi) is 6.40. The Hall–Kier alpha value is -3.41. The van der Waals surface area contributed by atoms with E-state index in [4.69, 9.17) is 15.9 Å². The molecule has 32 heavy (non-hydrogen) atoms. The summed E-state index contributed by atoms with van der Waals surface area (Å²) in [5.41, 5.74) is 1.60. The number of nitrogens with zero attached hydrogens (tertiary/aromatic N) is 2. The summed E-state index contributed by atoms with van der Waals surface area (Å²) in [6.07, 6.45) is 7.03. The minimum atomic E-state index is -0.563. The third kappa shape index (κ3) is 4.17. The number of esters is 1. The highest BCUT2D eigenvalue weighted by Gasteiger charge is 2.33. The predicted octanol–water partition coefficient (Wildman–Crippen LogP) is 2.87. The number of hydrogen-bond donors (Lipinski definition) is 0. The molecule has 0 N–H and O–H groups in total.